The maximum absolute atomic E-state index is 12.7. The zero-order chi connectivity index (χ0) is 21.5. The third kappa shape index (κ3) is 3.58. The highest BCUT2D eigenvalue weighted by Gasteiger charge is 2.33. The van der Waals surface area contributed by atoms with Gasteiger partial charge in [0.05, 0.1) is 5.69 Å². The average molecular weight is 417 g/mol. The second kappa shape index (κ2) is 7.80. The molecule has 2 aliphatic heterocycles. The number of fused-ring (bicyclic) bond motifs is 1. The highest BCUT2D eigenvalue weighted by Crippen LogP contribution is 2.41. The van der Waals surface area contributed by atoms with Crippen LogP contribution >= 0.6 is 0 Å². The predicted octanol–water partition coefficient (Wildman–Crippen LogP) is 4.05. The summed E-state index contributed by atoms with van der Waals surface area (Å²) in [7, 11) is 0. The Morgan fingerprint density at radius 2 is 1.71 bits per heavy atom. The van der Waals surface area contributed by atoms with E-state index in [9.17, 15) is 4.79 Å². The van der Waals surface area contributed by atoms with Crippen molar-refractivity contribution >= 4 is 17.5 Å². The fourth-order valence-corrected chi connectivity index (χ4v) is 4.84. The molecule has 1 saturated heterocycles. The average Bonchev–Trinajstić information content (AvgIpc) is 3.12. The molecule has 31 heavy (non-hydrogen) atoms. The monoisotopic (exact) mass is 416 g/mol. The number of benzene rings is 1. The van der Waals surface area contributed by atoms with Crippen LogP contribution in [-0.4, -0.2) is 39.0 Å². The third-order valence-electron chi connectivity index (χ3n) is 6.45. The second-order valence-electron chi connectivity index (χ2n) is 8.72. The van der Waals surface area contributed by atoms with Crippen molar-refractivity contribution in [2.45, 2.75) is 52.4 Å². The molecule has 1 fully saturated rings. The molecule has 0 radical (unpaired) electrons. The number of carbonyl (C=O) groups excluding carboxylic acids is 1. The number of nitrogens with zero attached hydrogens (tertiary/aromatic N) is 5. The van der Waals surface area contributed by atoms with Crippen molar-refractivity contribution in [3.8, 4) is 5.82 Å². The van der Waals surface area contributed by atoms with Crippen LogP contribution in [0.25, 0.3) is 5.82 Å². The summed E-state index contributed by atoms with van der Waals surface area (Å²) >= 11 is 0. The molecule has 2 aliphatic rings. The lowest BCUT2D eigenvalue weighted by Crippen LogP contribution is -2.30. The van der Waals surface area contributed by atoms with E-state index >= 15 is 0 Å². The molecule has 7 heteroatoms. The summed E-state index contributed by atoms with van der Waals surface area (Å²) in [6, 6.07) is 10.4. The van der Waals surface area contributed by atoms with E-state index in [4.69, 9.17) is 5.10 Å². The van der Waals surface area contributed by atoms with Gasteiger partial charge in [0.25, 0.3) is 0 Å². The first-order chi connectivity index (χ1) is 15.0. The number of anilines is 2. The number of hydrogen-bond acceptors (Lipinski definition) is 5. The van der Waals surface area contributed by atoms with Crippen molar-refractivity contribution in [1.82, 2.24) is 20.0 Å². The predicted molar refractivity (Wildman–Crippen MR) is 121 cm³/mol. The smallest absolute Gasteiger partial charge is 0.226 e. The Kier molecular flexibility index (Phi) is 4.96. The molecule has 3 aromatic rings. The molecule has 0 bridgehead atoms. The number of nitrogens with one attached hydrogen (secondary N) is 1. The molecule has 1 aromatic carbocycles. The standard InChI is InChI=1S/C24H28N6O/c1-15-7-8-16(2)18(13-15)19-14-22(31)25-24-23(19)17(3)28-30(24)21-10-9-20(26-27-21)29-11-5-4-6-12-29/h7-10,13,19H,4-6,11-12,14H2,1-3H3,(H,25,31). The molecule has 0 saturated carbocycles. The van der Waals surface area contributed by atoms with Gasteiger partial charge in [-0.2, -0.15) is 9.78 Å². The Morgan fingerprint density at radius 3 is 2.45 bits per heavy atom. The lowest BCUT2D eigenvalue weighted by molar-refractivity contribution is -0.116. The summed E-state index contributed by atoms with van der Waals surface area (Å²) in [6.45, 7) is 8.24. The molecule has 1 amide bonds. The zero-order valence-corrected chi connectivity index (χ0v) is 18.4. The van der Waals surface area contributed by atoms with Crippen molar-refractivity contribution in [2.24, 2.45) is 0 Å². The molecule has 0 aliphatic carbocycles. The summed E-state index contributed by atoms with van der Waals surface area (Å²) in [4.78, 5) is 14.9. The Labute approximate surface area is 182 Å². The Morgan fingerprint density at radius 1 is 0.968 bits per heavy atom. The number of amides is 1. The van der Waals surface area contributed by atoms with Gasteiger partial charge in [0, 0.05) is 31.0 Å². The van der Waals surface area contributed by atoms with Crippen LogP contribution in [0.15, 0.2) is 30.3 Å². The Bertz CT molecular complexity index is 1130. The van der Waals surface area contributed by atoms with Crippen LogP contribution in [0, 0.1) is 20.8 Å². The van der Waals surface area contributed by atoms with Gasteiger partial charge < -0.3 is 10.2 Å². The first kappa shape index (κ1) is 19.7. The van der Waals surface area contributed by atoms with Crippen LogP contribution in [0.5, 0.6) is 0 Å². The second-order valence-corrected chi connectivity index (χ2v) is 8.72. The maximum Gasteiger partial charge on any atom is 0.226 e. The number of aromatic nitrogens is 4. The maximum atomic E-state index is 12.7. The summed E-state index contributed by atoms with van der Waals surface area (Å²) in [6.07, 6.45) is 4.09. The molecule has 0 spiro atoms. The van der Waals surface area contributed by atoms with Crippen molar-refractivity contribution in [3.05, 3.63) is 58.3 Å². The van der Waals surface area contributed by atoms with Gasteiger partial charge in [-0.1, -0.05) is 23.8 Å². The fourth-order valence-electron chi connectivity index (χ4n) is 4.84. The molecular weight excluding hydrogens is 388 g/mol. The van der Waals surface area contributed by atoms with Gasteiger partial charge in [-0.3, -0.25) is 4.79 Å². The summed E-state index contributed by atoms with van der Waals surface area (Å²) in [5.74, 6) is 2.21. The van der Waals surface area contributed by atoms with Crippen molar-refractivity contribution in [1.29, 1.82) is 0 Å². The van der Waals surface area contributed by atoms with Gasteiger partial charge >= 0.3 is 0 Å². The fraction of sp³-hybridized carbons (Fsp3) is 0.417. The van der Waals surface area contributed by atoms with Crippen LogP contribution in [0.1, 0.15) is 59.5 Å². The van der Waals surface area contributed by atoms with Crippen molar-refractivity contribution < 1.29 is 4.79 Å². The minimum absolute atomic E-state index is 0.00236. The molecule has 4 heterocycles. The highest BCUT2D eigenvalue weighted by molar-refractivity contribution is 5.95. The molecule has 1 N–H and O–H groups in total. The molecule has 7 nitrogen and oxygen atoms in total. The summed E-state index contributed by atoms with van der Waals surface area (Å²) in [5, 5.41) is 16.7. The van der Waals surface area contributed by atoms with Crippen molar-refractivity contribution in [2.75, 3.05) is 23.3 Å². The third-order valence-corrected chi connectivity index (χ3v) is 6.45. The van der Waals surface area contributed by atoms with Crippen LogP contribution in [0.3, 0.4) is 0 Å². The molecular formula is C24H28N6O. The van der Waals surface area contributed by atoms with E-state index in [-0.39, 0.29) is 11.8 Å². The van der Waals surface area contributed by atoms with Gasteiger partial charge in [0.15, 0.2) is 11.6 Å². The zero-order valence-electron chi connectivity index (χ0n) is 18.4. The van der Waals surface area contributed by atoms with Gasteiger partial charge in [-0.15, -0.1) is 10.2 Å². The Balaban J connectivity index is 1.54. The van der Waals surface area contributed by atoms with Gasteiger partial charge in [-0.25, -0.2) is 0 Å². The van der Waals surface area contributed by atoms with Crippen LogP contribution < -0.4 is 10.2 Å². The summed E-state index contributed by atoms with van der Waals surface area (Å²) < 4.78 is 1.73. The highest BCUT2D eigenvalue weighted by atomic mass is 16.1. The van der Waals surface area contributed by atoms with E-state index in [0.29, 0.717) is 18.1 Å². The SMILES string of the molecule is Cc1ccc(C)c(C2CC(=O)Nc3c2c(C)nn3-c2ccc(N3CCCCC3)nn2)c1. The summed E-state index contributed by atoms with van der Waals surface area (Å²) in [5.41, 5.74) is 5.54. The van der Waals surface area contributed by atoms with Crippen LogP contribution in [-0.2, 0) is 4.79 Å². The first-order valence-electron chi connectivity index (χ1n) is 11.1. The Hall–Kier alpha value is -3.22. The molecule has 5 rings (SSSR count). The number of piperidine rings is 1. The van der Waals surface area contributed by atoms with Gasteiger partial charge in [-0.05, 0) is 63.3 Å². The number of rotatable bonds is 3. The van der Waals surface area contributed by atoms with E-state index in [1.165, 1.54) is 36.0 Å². The van der Waals surface area contributed by atoms with E-state index in [1.807, 2.05) is 19.1 Å². The van der Waals surface area contributed by atoms with E-state index in [0.717, 1.165) is 30.2 Å². The van der Waals surface area contributed by atoms with E-state index in [1.54, 1.807) is 4.68 Å². The molecule has 1 unspecified atom stereocenters. The lowest BCUT2D eigenvalue weighted by Gasteiger charge is -2.27. The lowest BCUT2D eigenvalue weighted by atomic mass is 9.83. The van der Waals surface area contributed by atoms with Crippen molar-refractivity contribution in [3.63, 3.8) is 0 Å². The molecule has 160 valence electrons. The minimum Gasteiger partial charge on any atom is -0.355 e. The number of carbonyl (C=O) groups is 1. The normalized spacial score (nSPS) is 18.6. The van der Waals surface area contributed by atoms with Gasteiger partial charge in [0.1, 0.15) is 5.82 Å². The number of hydrogen-bond donors (Lipinski definition) is 1. The topological polar surface area (TPSA) is 75.9 Å². The largest absolute Gasteiger partial charge is 0.355 e. The van der Waals surface area contributed by atoms with Crippen LogP contribution in [0.2, 0.25) is 0 Å². The quantitative estimate of drug-likeness (QED) is 0.697. The number of aryl methyl sites for hydroxylation is 3. The molecule has 1 atom stereocenters. The van der Waals surface area contributed by atoms with E-state index in [2.05, 4.69) is 52.5 Å². The molecule has 2 aromatic heterocycles. The van der Waals surface area contributed by atoms with E-state index < -0.39 is 0 Å². The van der Waals surface area contributed by atoms with Gasteiger partial charge in [0.2, 0.25) is 5.91 Å². The minimum atomic E-state index is -0.0158. The first-order valence-corrected chi connectivity index (χ1v) is 11.1. The van der Waals surface area contributed by atoms with Crippen LogP contribution in [0.4, 0.5) is 11.6 Å².